The summed E-state index contributed by atoms with van der Waals surface area (Å²) in [6, 6.07) is 0. The van der Waals surface area contributed by atoms with Crippen LogP contribution < -0.4 is 0 Å². The Morgan fingerprint density at radius 2 is 0.646 bits per heavy atom. The number of unbranched alkanes of at least 4 members (excludes halogenated alkanes) is 32. The standard InChI is InChI=1S/C43H84O5/c1-3-5-7-9-11-13-15-17-19-21-22-24-25-27-29-31-33-35-37-42(45)47-40-41(39-44)48-43(46)38-36-34-32-30-28-26-23-20-18-16-14-12-10-8-6-4-2/h41,44H,3-40H2,1-2H3/t41-/m0/s1. The van der Waals surface area contributed by atoms with Gasteiger partial charge in [0.2, 0.25) is 0 Å². The summed E-state index contributed by atoms with van der Waals surface area (Å²) in [5, 5.41) is 9.57. The van der Waals surface area contributed by atoms with E-state index >= 15 is 0 Å². The largest absolute Gasteiger partial charge is 0.462 e. The number of aliphatic hydroxyl groups is 1. The first kappa shape index (κ1) is 46.9. The highest BCUT2D eigenvalue weighted by atomic mass is 16.6. The Hall–Kier alpha value is -1.10. The van der Waals surface area contributed by atoms with Crippen molar-refractivity contribution in [1.29, 1.82) is 0 Å². The molecule has 0 aromatic rings. The molecule has 0 aliphatic carbocycles. The molecule has 0 spiro atoms. The van der Waals surface area contributed by atoms with Crippen LogP contribution in [0.1, 0.15) is 245 Å². The molecule has 0 amide bonds. The van der Waals surface area contributed by atoms with Gasteiger partial charge in [0.05, 0.1) is 6.61 Å². The van der Waals surface area contributed by atoms with Crippen LogP contribution in [-0.2, 0) is 19.1 Å². The van der Waals surface area contributed by atoms with E-state index in [4.69, 9.17) is 9.47 Å². The SMILES string of the molecule is CCCCCCCCCCCCCCCCCCCCC(=O)OC[C@H](CO)OC(=O)CCCCCCCCCCCCCCCCCC. The fourth-order valence-corrected chi connectivity index (χ4v) is 6.62. The Labute approximate surface area is 299 Å². The van der Waals surface area contributed by atoms with Gasteiger partial charge in [0, 0.05) is 12.8 Å². The van der Waals surface area contributed by atoms with E-state index in [-0.39, 0.29) is 25.2 Å². The molecule has 1 atom stereocenters. The van der Waals surface area contributed by atoms with E-state index in [2.05, 4.69) is 13.8 Å². The lowest BCUT2D eigenvalue weighted by Gasteiger charge is -2.15. The molecule has 48 heavy (non-hydrogen) atoms. The van der Waals surface area contributed by atoms with Crippen molar-refractivity contribution in [3.8, 4) is 0 Å². The van der Waals surface area contributed by atoms with E-state index < -0.39 is 6.10 Å². The zero-order valence-electron chi connectivity index (χ0n) is 32.5. The first-order chi connectivity index (χ1) is 23.6. The third kappa shape index (κ3) is 37.7. The summed E-state index contributed by atoms with van der Waals surface area (Å²) in [5.41, 5.74) is 0. The molecule has 0 aromatic carbocycles. The molecule has 0 aliphatic heterocycles. The zero-order chi connectivity index (χ0) is 35.0. The number of aliphatic hydroxyl groups excluding tert-OH is 1. The highest BCUT2D eigenvalue weighted by molar-refractivity contribution is 5.70. The van der Waals surface area contributed by atoms with Crippen LogP contribution in [0, 0.1) is 0 Å². The predicted octanol–water partition coefficient (Wildman–Crippen LogP) is 13.5. The van der Waals surface area contributed by atoms with Gasteiger partial charge in [-0.05, 0) is 12.8 Å². The van der Waals surface area contributed by atoms with Crippen LogP contribution in [0.2, 0.25) is 0 Å². The van der Waals surface area contributed by atoms with E-state index in [0.29, 0.717) is 12.8 Å². The van der Waals surface area contributed by atoms with E-state index in [9.17, 15) is 14.7 Å². The molecule has 0 rings (SSSR count). The second-order valence-corrected chi connectivity index (χ2v) is 14.8. The molecule has 0 saturated heterocycles. The van der Waals surface area contributed by atoms with Crippen molar-refractivity contribution in [2.24, 2.45) is 0 Å². The summed E-state index contributed by atoms with van der Waals surface area (Å²) in [7, 11) is 0. The van der Waals surface area contributed by atoms with E-state index in [1.807, 2.05) is 0 Å². The van der Waals surface area contributed by atoms with E-state index in [1.54, 1.807) is 0 Å². The number of esters is 2. The van der Waals surface area contributed by atoms with Gasteiger partial charge in [-0.2, -0.15) is 0 Å². The molecule has 1 N–H and O–H groups in total. The number of ether oxygens (including phenoxy) is 2. The van der Waals surface area contributed by atoms with Gasteiger partial charge in [-0.3, -0.25) is 9.59 Å². The van der Waals surface area contributed by atoms with Gasteiger partial charge >= 0.3 is 11.9 Å². The maximum absolute atomic E-state index is 12.2. The van der Waals surface area contributed by atoms with Gasteiger partial charge in [-0.15, -0.1) is 0 Å². The van der Waals surface area contributed by atoms with Crippen molar-refractivity contribution >= 4 is 11.9 Å². The number of hydrogen-bond acceptors (Lipinski definition) is 5. The third-order valence-electron chi connectivity index (χ3n) is 9.90. The highest BCUT2D eigenvalue weighted by Gasteiger charge is 2.16. The highest BCUT2D eigenvalue weighted by Crippen LogP contribution is 2.16. The minimum absolute atomic E-state index is 0.0565. The molecule has 286 valence electrons. The lowest BCUT2D eigenvalue weighted by molar-refractivity contribution is -0.161. The molecular weight excluding hydrogens is 596 g/mol. The number of hydrogen-bond donors (Lipinski definition) is 1. The molecule has 0 heterocycles. The Kier molecular flexibility index (Phi) is 39.4. The van der Waals surface area contributed by atoms with Crippen LogP contribution in [0.25, 0.3) is 0 Å². The van der Waals surface area contributed by atoms with Gasteiger partial charge in [0.1, 0.15) is 6.61 Å². The molecule has 5 nitrogen and oxygen atoms in total. The number of carbonyl (C=O) groups is 2. The molecule has 5 heteroatoms. The second-order valence-electron chi connectivity index (χ2n) is 14.8. The normalized spacial score (nSPS) is 12.0. The van der Waals surface area contributed by atoms with E-state index in [0.717, 1.165) is 32.1 Å². The second kappa shape index (κ2) is 40.3. The molecule has 0 saturated carbocycles. The fraction of sp³-hybridized carbons (Fsp3) is 0.953. The van der Waals surface area contributed by atoms with Crippen LogP contribution in [0.5, 0.6) is 0 Å². The Bertz CT molecular complexity index is 651. The molecule has 0 bridgehead atoms. The lowest BCUT2D eigenvalue weighted by atomic mass is 10.0. The van der Waals surface area contributed by atoms with Gasteiger partial charge < -0.3 is 14.6 Å². The summed E-state index contributed by atoms with van der Waals surface area (Å²) in [4.78, 5) is 24.3. The molecule has 0 aromatic heterocycles. The zero-order valence-corrected chi connectivity index (χ0v) is 32.5. The summed E-state index contributed by atoms with van der Waals surface area (Å²) in [5.74, 6) is -0.572. The smallest absolute Gasteiger partial charge is 0.306 e. The van der Waals surface area contributed by atoms with Crippen molar-refractivity contribution < 1.29 is 24.2 Å². The van der Waals surface area contributed by atoms with Gasteiger partial charge in [-0.1, -0.05) is 219 Å². The maximum Gasteiger partial charge on any atom is 0.306 e. The van der Waals surface area contributed by atoms with Gasteiger partial charge in [0.25, 0.3) is 0 Å². The van der Waals surface area contributed by atoms with Crippen LogP contribution >= 0.6 is 0 Å². The first-order valence-corrected chi connectivity index (χ1v) is 21.6. The first-order valence-electron chi connectivity index (χ1n) is 21.6. The molecule has 0 radical (unpaired) electrons. The summed E-state index contributed by atoms with van der Waals surface area (Å²) in [6.45, 7) is 4.18. The average molecular weight is 681 g/mol. The Morgan fingerprint density at radius 1 is 0.396 bits per heavy atom. The third-order valence-corrected chi connectivity index (χ3v) is 9.90. The topological polar surface area (TPSA) is 72.8 Å². The summed E-state index contributed by atoms with van der Waals surface area (Å²) >= 11 is 0. The van der Waals surface area contributed by atoms with Crippen molar-refractivity contribution in [3.05, 3.63) is 0 Å². The number of carbonyl (C=O) groups excluding carboxylic acids is 2. The molecular formula is C43H84O5. The number of rotatable bonds is 40. The minimum atomic E-state index is -0.761. The van der Waals surface area contributed by atoms with Gasteiger partial charge in [0.15, 0.2) is 6.10 Å². The summed E-state index contributed by atoms with van der Waals surface area (Å²) in [6.07, 6.45) is 44.6. The van der Waals surface area contributed by atoms with Crippen molar-refractivity contribution in [3.63, 3.8) is 0 Å². The van der Waals surface area contributed by atoms with E-state index in [1.165, 1.54) is 186 Å². The quantitative estimate of drug-likeness (QED) is 0.0515. The molecule has 0 unspecified atom stereocenters. The van der Waals surface area contributed by atoms with Crippen molar-refractivity contribution in [2.45, 2.75) is 251 Å². The van der Waals surface area contributed by atoms with Crippen molar-refractivity contribution in [1.82, 2.24) is 0 Å². The summed E-state index contributed by atoms with van der Waals surface area (Å²) < 4.78 is 10.6. The predicted molar refractivity (Wildman–Crippen MR) is 205 cm³/mol. The maximum atomic E-state index is 12.2. The lowest BCUT2D eigenvalue weighted by Crippen LogP contribution is -2.28. The van der Waals surface area contributed by atoms with Crippen LogP contribution in [0.3, 0.4) is 0 Å². The fourth-order valence-electron chi connectivity index (χ4n) is 6.62. The average Bonchev–Trinajstić information content (AvgIpc) is 3.09. The van der Waals surface area contributed by atoms with Crippen molar-refractivity contribution in [2.75, 3.05) is 13.2 Å². The monoisotopic (exact) mass is 681 g/mol. The minimum Gasteiger partial charge on any atom is -0.462 e. The van der Waals surface area contributed by atoms with Gasteiger partial charge in [-0.25, -0.2) is 0 Å². The van der Waals surface area contributed by atoms with Crippen LogP contribution in [-0.4, -0.2) is 36.4 Å². The molecule has 0 fully saturated rings. The Morgan fingerprint density at radius 3 is 0.917 bits per heavy atom. The molecule has 0 aliphatic rings. The van der Waals surface area contributed by atoms with Crippen LogP contribution in [0.4, 0.5) is 0 Å². The van der Waals surface area contributed by atoms with Crippen LogP contribution in [0.15, 0.2) is 0 Å². The Balaban J connectivity index is 3.46.